The molecule has 10 heteroatoms. The Bertz CT molecular complexity index is 1590. The minimum atomic E-state index is -1.13. The van der Waals surface area contributed by atoms with Gasteiger partial charge >= 0.3 is 5.97 Å². The molecule has 0 atom stereocenters. The molecule has 2 fully saturated rings. The van der Waals surface area contributed by atoms with E-state index < -0.39 is 11.6 Å². The summed E-state index contributed by atoms with van der Waals surface area (Å²) >= 11 is 13.3. The number of anilines is 1. The quantitative estimate of drug-likeness (QED) is 0.225. The Balaban J connectivity index is 1.17. The summed E-state index contributed by atoms with van der Waals surface area (Å²) in [6.45, 7) is 3.24. The number of piperidine rings is 1. The number of hydrogen-bond donors (Lipinski definition) is 2. The third kappa shape index (κ3) is 5.52. The van der Waals surface area contributed by atoms with Gasteiger partial charge in [0.05, 0.1) is 26.8 Å². The van der Waals surface area contributed by atoms with E-state index in [9.17, 15) is 15.0 Å². The molecule has 1 saturated heterocycles. The average Bonchev–Trinajstić information content (AvgIpc) is 3.72. The molecule has 3 heterocycles. The summed E-state index contributed by atoms with van der Waals surface area (Å²) in [7, 11) is 0. The summed E-state index contributed by atoms with van der Waals surface area (Å²) in [5.74, 6) is 1.32. The number of ether oxygens (including phenoxy) is 1. The molecule has 2 aromatic carbocycles. The molecule has 1 saturated carbocycles. The van der Waals surface area contributed by atoms with Crippen LogP contribution < -0.4 is 9.64 Å². The van der Waals surface area contributed by atoms with Crippen LogP contribution in [-0.4, -0.2) is 39.4 Å². The second kappa shape index (κ2) is 11.0. The Labute approximate surface area is 247 Å². The maximum atomic E-state index is 11.5. The molecule has 1 aliphatic heterocycles. The molecule has 0 radical (unpaired) electrons. The van der Waals surface area contributed by atoms with Crippen molar-refractivity contribution in [3.05, 3.63) is 92.8 Å². The average molecular weight is 594 g/mol. The number of aromatic nitrogens is 2. The third-order valence-electron chi connectivity index (χ3n) is 7.96. The van der Waals surface area contributed by atoms with Gasteiger partial charge in [-0.15, -0.1) is 0 Å². The highest BCUT2D eigenvalue weighted by molar-refractivity contribution is 6.33. The van der Waals surface area contributed by atoms with E-state index >= 15 is 0 Å². The van der Waals surface area contributed by atoms with Gasteiger partial charge in [-0.1, -0.05) is 46.6 Å². The lowest BCUT2D eigenvalue weighted by atomic mass is 9.84. The predicted octanol–water partition coefficient (Wildman–Crippen LogP) is 6.99. The molecule has 6 rings (SSSR count). The van der Waals surface area contributed by atoms with E-state index in [2.05, 4.69) is 10.1 Å². The van der Waals surface area contributed by atoms with E-state index in [1.807, 2.05) is 42.2 Å². The first-order valence-electron chi connectivity index (χ1n) is 13.6. The minimum Gasteiger partial charge on any atom is -0.489 e. The minimum absolute atomic E-state index is 0.180. The highest BCUT2D eigenvalue weighted by Gasteiger charge is 2.37. The van der Waals surface area contributed by atoms with E-state index in [1.165, 1.54) is 12.3 Å². The summed E-state index contributed by atoms with van der Waals surface area (Å²) in [5, 5.41) is 26.2. The Kier molecular flexibility index (Phi) is 7.40. The second-order valence-corrected chi connectivity index (χ2v) is 11.6. The lowest BCUT2D eigenvalue weighted by molar-refractivity contribution is 0.0117. The molecule has 212 valence electrons. The van der Waals surface area contributed by atoms with E-state index in [0.29, 0.717) is 64.7 Å². The van der Waals surface area contributed by atoms with Crippen molar-refractivity contribution in [1.29, 1.82) is 0 Å². The summed E-state index contributed by atoms with van der Waals surface area (Å²) in [4.78, 5) is 17.6. The molecule has 0 bridgehead atoms. The van der Waals surface area contributed by atoms with Gasteiger partial charge in [0.2, 0.25) is 0 Å². The SMILES string of the molecule is Cc1cccc(Cl)c1-c1noc(C2CC2)c1COc1ccc(C2(O)CCN(c3cc(C(=O)O)ccn3)CC2)c(Cl)c1. The number of nitrogens with zero attached hydrogens (tertiary/aromatic N) is 3. The molecule has 8 nitrogen and oxygen atoms in total. The van der Waals surface area contributed by atoms with Gasteiger partial charge in [-0.05, 0) is 68.5 Å². The molecule has 2 aliphatic rings. The fourth-order valence-corrected chi connectivity index (χ4v) is 6.13. The largest absolute Gasteiger partial charge is 0.489 e. The molecule has 41 heavy (non-hydrogen) atoms. The van der Waals surface area contributed by atoms with Crippen LogP contribution in [0.5, 0.6) is 5.75 Å². The van der Waals surface area contributed by atoms with Gasteiger partial charge in [-0.3, -0.25) is 0 Å². The van der Waals surface area contributed by atoms with Crippen LogP contribution in [0.15, 0.2) is 59.3 Å². The number of hydrogen-bond acceptors (Lipinski definition) is 7. The van der Waals surface area contributed by atoms with Gasteiger partial charge in [0.1, 0.15) is 29.6 Å². The number of halogens is 2. The molecule has 4 aromatic rings. The first kappa shape index (κ1) is 27.6. The summed E-state index contributed by atoms with van der Waals surface area (Å²) < 4.78 is 12.0. The van der Waals surface area contributed by atoms with Crippen LogP contribution >= 0.6 is 23.2 Å². The molecule has 2 aromatic heterocycles. The zero-order valence-electron chi connectivity index (χ0n) is 22.4. The normalized spacial score (nSPS) is 16.5. The number of carbonyl (C=O) groups is 1. The zero-order chi connectivity index (χ0) is 28.7. The number of aryl methyl sites for hydroxylation is 1. The molecule has 2 N–H and O–H groups in total. The van der Waals surface area contributed by atoms with Crippen molar-refractivity contribution >= 4 is 35.0 Å². The Hall–Kier alpha value is -3.59. The van der Waals surface area contributed by atoms with Crippen molar-refractivity contribution in [2.45, 2.75) is 50.7 Å². The molecule has 0 amide bonds. The van der Waals surface area contributed by atoms with Crippen LogP contribution in [0.4, 0.5) is 5.82 Å². The standard InChI is InChI=1S/C31H29Cl2N3O5/c1-18-3-2-4-24(32)27(18)28-22(29(41-35-28)19-5-6-19)17-40-21-7-8-23(25(33)16-21)31(39)10-13-36(14-11-31)26-15-20(30(37)38)9-12-34-26/h2-4,7-9,12,15-16,19,39H,5-6,10-11,13-14,17H2,1H3,(H,37,38). The van der Waals surface area contributed by atoms with E-state index in [-0.39, 0.29) is 12.2 Å². The van der Waals surface area contributed by atoms with Gasteiger partial charge in [-0.25, -0.2) is 9.78 Å². The van der Waals surface area contributed by atoms with Crippen LogP contribution in [0.1, 0.15) is 64.4 Å². The van der Waals surface area contributed by atoms with Crippen molar-refractivity contribution in [3.63, 3.8) is 0 Å². The number of carboxylic acid groups (broad SMARTS) is 1. The van der Waals surface area contributed by atoms with Gasteiger partial charge < -0.3 is 24.4 Å². The smallest absolute Gasteiger partial charge is 0.335 e. The summed E-state index contributed by atoms with van der Waals surface area (Å²) in [5.41, 5.74) is 3.12. The van der Waals surface area contributed by atoms with Crippen LogP contribution in [-0.2, 0) is 12.2 Å². The van der Waals surface area contributed by atoms with Crippen molar-refractivity contribution in [2.24, 2.45) is 0 Å². The van der Waals surface area contributed by atoms with Gasteiger partial charge in [0.15, 0.2) is 0 Å². The lowest BCUT2D eigenvalue weighted by Crippen LogP contribution is -2.43. The molecule has 0 spiro atoms. The molecular weight excluding hydrogens is 565 g/mol. The molecular formula is C31H29Cl2N3O5. The number of aromatic carboxylic acids is 1. The number of carboxylic acids is 1. The molecule has 1 aliphatic carbocycles. The monoisotopic (exact) mass is 593 g/mol. The first-order chi connectivity index (χ1) is 19.7. The van der Waals surface area contributed by atoms with Gasteiger partial charge in [0, 0.05) is 36.3 Å². The van der Waals surface area contributed by atoms with Crippen LogP contribution in [0.2, 0.25) is 10.0 Å². The molecule has 0 unspecified atom stereocenters. The van der Waals surface area contributed by atoms with Crippen molar-refractivity contribution in [1.82, 2.24) is 10.1 Å². The Morgan fingerprint density at radius 2 is 1.90 bits per heavy atom. The summed E-state index contributed by atoms with van der Waals surface area (Å²) in [6.07, 6.45) is 4.43. The van der Waals surface area contributed by atoms with Gasteiger partial charge in [0.25, 0.3) is 0 Å². The second-order valence-electron chi connectivity index (χ2n) is 10.7. The Morgan fingerprint density at radius 1 is 1.12 bits per heavy atom. The topological polar surface area (TPSA) is 109 Å². The van der Waals surface area contributed by atoms with Crippen LogP contribution in [0, 0.1) is 6.92 Å². The maximum absolute atomic E-state index is 11.5. The van der Waals surface area contributed by atoms with Gasteiger partial charge in [-0.2, -0.15) is 0 Å². The first-order valence-corrected chi connectivity index (χ1v) is 14.3. The fourth-order valence-electron chi connectivity index (χ4n) is 5.47. The number of rotatable bonds is 8. The van der Waals surface area contributed by atoms with Crippen molar-refractivity contribution in [2.75, 3.05) is 18.0 Å². The lowest BCUT2D eigenvalue weighted by Gasteiger charge is -2.39. The zero-order valence-corrected chi connectivity index (χ0v) is 24.0. The Morgan fingerprint density at radius 3 is 2.59 bits per heavy atom. The summed E-state index contributed by atoms with van der Waals surface area (Å²) in [6, 6.07) is 14.1. The highest BCUT2D eigenvalue weighted by Crippen LogP contribution is 2.46. The number of benzene rings is 2. The van der Waals surface area contributed by atoms with Crippen molar-refractivity contribution < 1.29 is 24.3 Å². The third-order valence-corrected chi connectivity index (χ3v) is 8.59. The van der Waals surface area contributed by atoms with E-state index in [0.717, 1.165) is 35.3 Å². The van der Waals surface area contributed by atoms with Crippen LogP contribution in [0.3, 0.4) is 0 Å². The maximum Gasteiger partial charge on any atom is 0.335 e. The van der Waals surface area contributed by atoms with E-state index in [1.54, 1.807) is 12.1 Å². The predicted molar refractivity (Wildman–Crippen MR) is 156 cm³/mol. The fraction of sp³-hybridized carbons (Fsp3) is 0.323. The number of pyridine rings is 1. The van der Waals surface area contributed by atoms with Crippen LogP contribution in [0.25, 0.3) is 11.3 Å². The van der Waals surface area contributed by atoms with Crippen molar-refractivity contribution in [3.8, 4) is 17.0 Å². The highest BCUT2D eigenvalue weighted by atomic mass is 35.5. The number of aliphatic hydroxyl groups is 1. The van der Waals surface area contributed by atoms with E-state index in [4.69, 9.17) is 32.5 Å².